The lowest BCUT2D eigenvalue weighted by Gasteiger charge is -2.08. The SMILES string of the molecule is C#CCOc1cc(-c2c(Cl)n3n(c2=O)CCCCC3)c(F)cc1F. The van der Waals surface area contributed by atoms with Crippen molar-refractivity contribution in [2.24, 2.45) is 0 Å². The Balaban J connectivity index is 2.16. The first-order valence-electron chi connectivity index (χ1n) is 7.59. The molecule has 1 aliphatic heterocycles. The van der Waals surface area contributed by atoms with Gasteiger partial charge in [-0.15, -0.1) is 6.42 Å². The third kappa shape index (κ3) is 2.80. The first-order chi connectivity index (χ1) is 11.5. The molecule has 7 heteroatoms. The summed E-state index contributed by atoms with van der Waals surface area (Å²) in [4.78, 5) is 12.7. The van der Waals surface area contributed by atoms with Crippen LogP contribution < -0.4 is 10.3 Å². The number of halogens is 3. The molecule has 0 N–H and O–H groups in total. The predicted molar refractivity (Wildman–Crippen MR) is 87.2 cm³/mol. The van der Waals surface area contributed by atoms with Crippen LogP contribution in [0.25, 0.3) is 11.1 Å². The highest BCUT2D eigenvalue weighted by Gasteiger charge is 2.24. The molecule has 2 heterocycles. The molecule has 0 aliphatic carbocycles. The fourth-order valence-corrected chi connectivity index (χ4v) is 3.24. The Morgan fingerprint density at radius 3 is 2.58 bits per heavy atom. The van der Waals surface area contributed by atoms with Gasteiger partial charge in [-0.05, 0) is 25.3 Å². The Bertz CT molecular complexity index is 880. The van der Waals surface area contributed by atoms with Crippen molar-refractivity contribution in [3.05, 3.63) is 39.3 Å². The van der Waals surface area contributed by atoms with Crippen molar-refractivity contribution in [3.8, 4) is 29.2 Å². The van der Waals surface area contributed by atoms with Gasteiger partial charge < -0.3 is 4.74 Å². The van der Waals surface area contributed by atoms with Crippen molar-refractivity contribution in [1.29, 1.82) is 0 Å². The highest BCUT2D eigenvalue weighted by atomic mass is 35.5. The minimum absolute atomic E-state index is 0.0154. The Hall–Kier alpha value is -2.26. The number of rotatable bonds is 3. The molecule has 1 aromatic heterocycles. The summed E-state index contributed by atoms with van der Waals surface area (Å²) in [7, 11) is 0. The molecule has 0 amide bonds. The highest BCUT2D eigenvalue weighted by Crippen LogP contribution is 2.33. The van der Waals surface area contributed by atoms with E-state index in [-0.39, 0.29) is 28.6 Å². The summed E-state index contributed by atoms with van der Waals surface area (Å²) in [6, 6.07) is 1.80. The lowest BCUT2D eigenvalue weighted by Crippen LogP contribution is -2.22. The van der Waals surface area contributed by atoms with Gasteiger partial charge >= 0.3 is 0 Å². The van der Waals surface area contributed by atoms with E-state index in [1.165, 1.54) is 4.68 Å². The first kappa shape index (κ1) is 16.6. The lowest BCUT2D eigenvalue weighted by atomic mass is 10.1. The molecule has 0 atom stereocenters. The topological polar surface area (TPSA) is 36.2 Å². The molecule has 0 fully saturated rings. The number of nitrogens with zero attached hydrogens (tertiary/aromatic N) is 2. The molecule has 0 radical (unpaired) electrons. The lowest BCUT2D eigenvalue weighted by molar-refractivity contribution is 0.347. The van der Waals surface area contributed by atoms with E-state index < -0.39 is 17.2 Å². The van der Waals surface area contributed by atoms with Crippen LogP contribution in [0.4, 0.5) is 8.78 Å². The van der Waals surface area contributed by atoms with Gasteiger partial charge in [-0.3, -0.25) is 9.48 Å². The van der Waals surface area contributed by atoms with Gasteiger partial charge in [0.2, 0.25) is 0 Å². The van der Waals surface area contributed by atoms with Gasteiger partial charge in [0.15, 0.2) is 11.6 Å². The molecule has 0 bridgehead atoms. The van der Waals surface area contributed by atoms with E-state index in [1.807, 2.05) is 0 Å². The van der Waals surface area contributed by atoms with Crippen molar-refractivity contribution in [2.75, 3.05) is 6.61 Å². The molecule has 0 saturated heterocycles. The van der Waals surface area contributed by atoms with Crippen LogP contribution in [0, 0.1) is 24.0 Å². The van der Waals surface area contributed by atoms with Crippen LogP contribution in [0.3, 0.4) is 0 Å². The third-order valence-electron chi connectivity index (χ3n) is 4.01. The summed E-state index contributed by atoms with van der Waals surface area (Å²) in [6.45, 7) is 0.931. The van der Waals surface area contributed by atoms with Gasteiger partial charge in [0.05, 0.1) is 5.56 Å². The van der Waals surface area contributed by atoms with Gasteiger partial charge in [0, 0.05) is 24.7 Å². The van der Waals surface area contributed by atoms with Gasteiger partial charge in [0.25, 0.3) is 5.56 Å². The van der Waals surface area contributed by atoms with E-state index in [1.54, 1.807) is 4.68 Å². The second-order valence-corrected chi connectivity index (χ2v) is 5.89. The number of hydrogen-bond donors (Lipinski definition) is 0. The molecule has 4 nitrogen and oxygen atoms in total. The number of hydrogen-bond acceptors (Lipinski definition) is 2. The molecule has 0 saturated carbocycles. The van der Waals surface area contributed by atoms with Crippen LogP contribution in [0.2, 0.25) is 5.15 Å². The van der Waals surface area contributed by atoms with Crippen LogP contribution >= 0.6 is 11.6 Å². The van der Waals surface area contributed by atoms with E-state index in [0.717, 1.165) is 25.3 Å². The maximum absolute atomic E-state index is 14.3. The van der Waals surface area contributed by atoms with Crippen LogP contribution in [-0.2, 0) is 13.1 Å². The molecule has 126 valence electrons. The monoisotopic (exact) mass is 352 g/mol. The summed E-state index contributed by atoms with van der Waals surface area (Å²) in [6.07, 6.45) is 7.81. The van der Waals surface area contributed by atoms with Crippen molar-refractivity contribution >= 4 is 11.6 Å². The summed E-state index contributed by atoms with van der Waals surface area (Å²) < 4.78 is 36.3. The molecule has 3 rings (SSSR count). The molecule has 0 spiro atoms. The molecule has 0 unspecified atom stereocenters. The minimum atomic E-state index is -0.886. The maximum atomic E-state index is 14.3. The van der Waals surface area contributed by atoms with Crippen molar-refractivity contribution in [2.45, 2.75) is 32.4 Å². The Kier molecular flexibility index (Phi) is 4.63. The smallest absolute Gasteiger partial charge is 0.276 e. The Morgan fingerprint density at radius 2 is 1.88 bits per heavy atom. The molecule has 2 aromatic rings. The van der Waals surface area contributed by atoms with Crippen molar-refractivity contribution < 1.29 is 13.5 Å². The molecule has 24 heavy (non-hydrogen) atoms. The molecule has 1 aliphatic rings. The van der Waals surface area contributed by atoms with E-state index >= 15 is 0 Å². The fraction of sp³-hybridized carbons (Fsp3) is 0.353. The normalized spacial score (nSPS) is 13.9. The number of terminal acetylenes is 1. The zero-order valence-electron chi connectivity index (χ0n) is 12.8. The Labute approximate surface area is 142 Å². The standard InChI is InChI=1S/C17H15ClF2N2O2/c1-2-8-24-14-9-11(12(19)10-13(14)20)15-16(18)21-6-4-3-5-7-22(21)17(15)23/h1,9-10H,3-8H2. The van der Waals surface area contributed by atoms with Gasteiger partial charge in [0.1, 0.15) is 17.6 Å². The van der Waals surface area contributed by atoms with Gasteiger partial charge in [-0.1, -0.05) is 17.5 Å². The van der Waals surface area contributed by atoms with E-state index in [9.17, 15) is 13.6 Å². The van der Waals surface area contributed by atoms with Gasteiger partial charge in [-0.25, -0.2) is 13.5 Å². The van der Waals surface area contributed by atoms with Crippen LogP contribution in [-0.4, -0.2) is 16.0 Å². The van der Waals surface area contributed by atoms with E-state index in [2.05, 4.69) is 5.92 Å². The maximum Gasteiger partial charge on any atom is 0.276 e. The summed E-state index contributed by atoms with van der Waals surface area (Å²) in [5.41, 5.74) is -0.469. The molecular formula is C17H15ClF2N2O2. The largest absolute Gasteiger partial charge is 0.478 e. The van der Waals surface area contributed by atoms with Crippen LogP contribution in [0.1, 0.15) is 19.3 Å². The van der Waals surface area contributed by atoms with Crippen molar-refractivity contribution in [3.63, 3.8) is 0 Å². The quantitative estimate of drug-likeness (QED) is 0.793. The van der Waals surface area contributed by atoms with Crippen molar-refractivity contribution in [1.82, 2.24) is 9.36 Å². The predicted octanol–water partition coefficient (Wildman–Crippen LogP) is 3.44. The second kappa shape index (κ2) is 6.70. The summed E-state index contributed by atoms with van der Waals surface area (Å²) >= 11 is 6.33. The number of ether oxygens (including phenoxy) is 1. The summed E-state index contributed by atoms with van der Waals surface area (Å²) in [5.74, 6) is 0.232. The number of aromatic nitrogens is 2. The summed E-state index contributed by atoms with van der Waals surface area (Å²) in [5, 5.41) is 0.148. The minimum Gasteiger partial charge on any atom is -0.478 e. The van der Waals surface area contributed by atoms with Gasteiger partial charge in [-0.2, -0.15) is 0 Å². The number of fused-ring (bicyclic) bond motifs is 1. The highest BCUT2D eigenvalue weighted by molar-refractivity contribution is 6.32. The zero-order valence-corrected chi connectivity index (χ0v) is 13.6. The number of benzene rings is 1. The van der Waals surface area contributed by atoms with Crippen LogP contribution in [0.5, 0.6) is 5.75 Å². The van der Waals surface area contributed by atoms with E-state index in [0.29, 0.717) is 19.2 Å². The molecule has 1 aromatic carbocycles. The average molecular weight is 353 g/mol. The Morgan fingerprint density at radius 1 is 1.17 bits per heavy atom. The molecular weight excluding hydrogens is 338 g/mol. The van der Waals surface area contributed by atoms with E-state index in [4.69, 9.17) is 22.8 Å². The fourth-order valence-electron chi connectivity index (χ4n) is 2.88. The first-order valence-corrected chi connectivity index (χ1v) is 7.97. The average Bonchev–Trinajstić information content (AvgIpc) is 2.74. The second-order valence-electron chi connectivity index (χ2n) is 5.53. The zero-order chi connectivity index (χ0) is 17.3. The van der Waals surface area contributed by atoms with Crippen LogP contribution in [0.15, 0.2) is 16.9 Å². The third-order valence-corrected chi connectivity index (χ3v) is 4.40.